The summed E-state index contributed by atoms with van der Waals surface area (Å²) in [4.78, 5) is 0. The number of nitrogens with zero attached hydrogens (tertiary/aromatic N) is 3. The highest BCUT2D eigenvalue weighted by Gasteiger charge is 2.20. The molecule has 3 heterocycles. The average Bonchev–Trinajstić information content (AvgIpc) is 3.91. The van der Waals surface area contributed by atoms with Crippen molar-refractivity contribution >= 4 is 65.4 Å². The van der Waals surface area contributed by atoms with E-state index in [1.165, 1.54) is 87.7 Å². The van der Waals surface area contributed by atoms with Crippen LogP contribution in [-0.2, 0) is 0 Å². The van der Waals surface area contributed by atoms with Gasteiger partial charge in [-0.05, 0) is 101 Å². The summed E-state index contributed by atoms with van der Waals surface area (Å²) in [6.07, 6.45) is 0. The molecule has 3 nitrogen and oxygen atoms in total. The number of benzene rings is 9. The monoisotopic (exact) mass is 725 g/mol. The van der Waals surface area contributed by atoms with Crippen LogP contribution in [0.2, 0.25) is 0 Å². The standard InChI is InChI=1S/C54H35N3/c1-4-16-36(17-5-1)45-34-48-43-24-12-15-27-51(43)56(39-20-8-3-9-21-39)54(48)35-46(45)37-28-30-44-41-22-10-13-25-49(41)57(53(44)32-37)40-29-31-52-47(33-40)42-23-11-14-26-50(42)55(52)38-18-6-2-7-19-38/h1-35H. The number of aromatic nitrogens is 3. The normalized spacial score (nSPS) is 11.9. The van der Waals surface area contributed by atoms with Crippen LogP contribution in [0.1, 0.15) is 0 Å². The van der Waals surface area contributed by atoms with Gasteiger partial charge in [0.15, 0.2) is 0 Å². The van der Waals surface area contributed by atoms with E-state index in [0.717, 1.165) is 17.1 Å². The predicted molar refractivity (Wildman–Crippen MR) is 240 cm³/mol. The molecule has 0 atom stereocenters. The number of hydrogen-bond acceptors (Lipinski definition) is 0. The van der Waals surface area contributed by atoms with Crippen LogP contribution in [0.25, 0.3) is 105 Å². The number of para-hydroxylation sites is 5. The Morgan fingerprint density at radius 3 is 1.25 bits per heavy atom. The predicted octanol–water partition coefficient (Wildman–Crippen LogP) is 14.3. The van der Waals surface area contributed by atoms with Crippen molar-refractivity contribution in [3.8, 4) is 39.3 Å². The molecule has 57 heavy (non-hydrogen) atoms. The van der Waals surface area contributed by atoms with Gasteiger partial charge < -0.3 is 13.7 Å². The lowest BCUT2D eigenvalue weighted by Crippen LogP contribution is -1.96. The smallest absolute Gasteiger partial charge is 0.0547 e. The maximum atomic E-state index is 2.46. The maximum Gasteiger partial charge on any atom is 0.0547 e. The van der Waals surface area contributed by atoms with Crippen molar-refractivity contribution in [2.24, 2.45) is 0 Å². The maximum absolute atomic E-state index is 2.46. The third kappa shape index (κ3) is 4.79. The fourth-order valence-electron chi connectivity index (χ4n) is 9.34. The van der Waals surface area contributed by atoms with Gasteiger partial charge in [0.2, 0.25) is 0 Å². The van der Waals surface area contributed by atoms with Crippen molar-refractivity contribution in [2.45, 2.75) is 0 Å². The van der Waals surface area contributed by atoms with E-state index in [1.54, 1.807) is 0 Å². The van der Waals surface area contributed by atoms with Crippen molar-refractivity contribution in [3.05, 3.63) is 212 Å². The summed E-state index contributed by atoms with van der Waals surface area (Å²) >= 11 is 0. The Bertz CT molecular complexity index is 3500. The van der Waals surface area contributed by atoms with Crippen LogP contribution in [0.3, 0.4) is 0 Å². The summed E-state index contributed by atoms with van der Waals surface area (Å²) in [6, 6.07) is 77.5. The van der Waals surface area contributed by atoms with E-state index in [4.69, 9.17) is 0 Å². The molecular formula is C54H35N3. The molecule has 0 aliphatic heterocycles. The molecule has 0 saturated carbocycles. The molecule has 0 aliphatic carbocycles. The molecule has 0 fully saturated rings. The van der Waals surface area contributed by atoms with E-state index in [9.17, 15) is 0 Å². The first-order valence-electron chi connectivity index (χ1n) is 19.6. The zero-order valence-electron chi connectivity index (χ0n) is 31.0. The minimum Gasteiger partial charge on any atom is -0.309 e. The quantitative estimate of drug-likeness (QED) is 0.168. The van der Waals surface area contributed by atoms with Crippen LogP contribution < -0.4 is 0 Å². The van der Waals surface area contributed by atoms with Gasteiger partial charge in [0.25, 0.3) is 0 Å². The Morgan fingerprint density at radius 2 is 0.632 bits per heavy atom. The molecule has 0 radical (unpaired) electrons. The molecule has 0 amide bonds. The van der Waals surface area contributed by atoms with Crippen LogP contribution in [0, 0.1) is 0 Å². The fourth-order valence-corrected chi connectivity index (χ4v) is 9.34. The Morgan fingerprint density at radius 1 is 0.211 bits per heavy atom. The lowest BCUT2D eigenvalue weighted by molar-refractivity contribution is 1.16. The second kappa shape index (κ2) is 12.5. The molecule has 0 unspecified atom stereocenters. The van der Waals surface area contributed by atoms with Crippen molar-refractivity contribution in [2.75, 3.05) is 0 Å². The van der Waals surface area contributed by atoms with Gasteiger partial charge in [-0.3, -0.25) is 0 Å². The first kappa shape index (κ1) is 31.7. The molecule has 3 aromatic heterocycles. The highest BCUT2D eigenvalue weighted by molar-refractivity contribution is 6.15. The van der Waals surface area contributed by atoms with Crippen LogP contribution in [-0.4, -0.2) is 13.7 Å². The van der Waals surface area contributed by atoms with Crippen LogP contribution in [0.4, 0.5) is 0 Å². The van der Waals surface area contributed by atoms with Crippen molar-refractivity contribution < 1.29 is 0 Å². The Kier molecular flexibility index (Phi) is 6.93. The molecule has 9 aromatic carbocycles. The first-order chi connectivity index (χ1) is 28.3. The largest absolute Gasteiger partial charge is 0.309 e. The van der Waals surface area contributed by atoms with E-state index in [-0.39, 0.29) is 0 Å². The molecule has 0 saturated heterocycles. The summed E-state index contributed by atoms with van der Waals surface area (Å²) in [6.45, 7) is 0. The van der Waals surface area contributed by atoms with Gasteiger partial charge in [0.1, 0.15) is 0 Å². The highest BCUT2D eigenvalue weighted by atomic mass is 15.0. The first-order valence-corrected chi connectivity index (χ1v) is 19.6. The SMILES string of the molecule is c1ccc(-c2cc3c4ccccc4n(-c4ccccc4)c3cc2-c2ccc3c4ccccc4n(-c4ccc5c(c4)c4ccccc4n5-c4ccccc4)c3c2)cc1. The lowest BCUT2D eigenvalue weighted by atomic mass is 9.92. The molecule has 0 aliphatic rings. The molecular weight excluding hydrogens is 691 g/mol. The summed E-state index contributed by atoms with van der Waals surface area (Å²) in [5.74, 6) is 0. The average molecular weight is 726 g/mol. The summed E-state index contributed by atoms with van der Waals surface area (Å²) in [7, 11) is 0. The number of hydrogen-bond donors (Lipinski definition) is 0. The van der Waals surface area contributed by atoms with Gasteiger partial charge >= 0.3 is 0 Å². The Balaban J connectivity index is 1.14. The van der Waals surface area contributed by atoms with Gasteiger partial charge in [-0.2, -0.15) is 0 Å². The highest BCUT2D eigenvalue weighted by Crippen LogP contribution is 2.43. The van der Waals surface area contributed by atoms with E-state index in [0.29, 0.717) is 0 Å². The zero-order chi connectivity index (χ0) is 37.5. The summed E-state index contributed by atoms with van der Waals surface area (Å²) in [5.41, 5.74) is 15.4. The number of rotatable bonds is 5. The second-order valence-electron chi connectivity index (χ2n) is 14.9. The Hall–Kier alpha value is -7.62. The molecule has 0 N–H and O–H groups in total. The van der Waals surface area contributed by atoms with Crippen molar-refractivity contribution in [1.82, 2.24) is 13.7 Å². The minimum atomic E-state index is 1.14. The molecule has 0 bridgehead atoms. The van der Waals surface area contributed by atoms with E-state index in [1.807, 2.05) is 0 Å². The van der Waals surface area contributed by atoms with E-state index >= 15 is 0 Å². The van der Waals surface area contributed by atoms with Gasteiger partial charge in [0.05, 0.1) is 33.1 Å². The molecule has 266 valence electrons. The van der Waals surface area contributed by atoms with Crippen LogP contribution in [0.15, 0.2) is 212 Å². The van der Waals surface area contributed by atoms with Gasteiger partial charge in [-0.25, -0.2) is 0 Å². The van der Waals surface area contributed by atoms with Crippen molar-refractivity contribution in [3.63, 3.8) is 0 Å². The van der Waals surface area contributed by atoms with Crippen LogP contribution >= 0.6 is 0 Å². The van der Waals surface area contributed by atoms with Crippen LogP contribution in [0.5, 0.6) is 0 Å². The van der Waals surface area contributed by atoms with Gasteiger partial charge in [-0.15, -0.1) is 0 Å². The van der Waals surface area contributed by atoms with Gasteiger partial charge in [0, 0.05) is 49.4 Å². The van der Waals surface area contributed by atoms with E-state index < -0.39 is 0 Å². The zero-order valence-corrected chi connectivity index (χ0v) is 31.0. The van der Waals surface area contributed by atoms with Crippen molar-refractivity contribution in [1.29, 1.82) is 0 Å². The lowest BCUT2D eigenvalue weighted by Gasteiger charge is -2.15. The molecule has 12 rings (SSSR count). The topological polar surface area (TPSA) is 14.8 Å². The molecule has 12 aromatic rings. The third-order valence-corrected chi connectivity index (χ3v) is 11.8. The van der Waals surface area contributed by atoms with E-state index in [2.05, 4.69) is 226 Å². The summed E-state index contributed by atoms with van der Waals surface area (Å²) in [5, 5.41) is 7.46. The van der Waals surface area contributed by atoms with Gasteiger partial charge in [-0.1, -0.05) is 133 Å². The Labute approximate surface area is 329 Å². The third-order valence-electron chi connectivity index (χ3n) is 11.8. The molecule has 0 spiro atoms. The molecule has 3 heteroatoms. The minimum absolute atomic E-state index is 1.14. The second-order valence-corrected chi connectivity index (χ2v) is 14.9. The number of fused-ring (bicyclic) bond motifs is 9. The summed E-state index contributed by atoms with van der Waals surface area (Å²) < 4.78 is 7.26. The fraction of sp³-hybridized carbons (Fsp3) is 0.